The van der Waals surface area contributed by atoms with Crippen molar-refractivity contribution >= 4 is 23.4 Å². The number of rotatable bonds is 3. The quantitative estimate of drug-likeness (QED) is 0.745. The maximum absolute atomic E-state index is 5.36. The van der Waals surface area contributed by atoms with Crippen LogP contribution in [0.2, 0.25) is 0 Å². The molecule has 0 aliphatic carbocycles. The van der Waals surface area contributed by atoms with Gasteiger partial charge in [0.1, 0.15) is 0 Å². The summed E-state index contributed by atoms with van der Waals surface area (Å²) in [5, 5.41) is 4.17. The second kappa shape index (κ2) is 4.62. The van der Waals surface area contributed by atoms with Gasteiger partial charge in [-0.3, -0.25) is 4.68 Å². The topological polar surface area (TPSA) is 51.4 Å². The van der Waals surface area contributed by atoms with E-state index in [2.05, 4.69) is 21.1 Å². The standard InChI is InChI=1S/C13H15N5S/c1-9-5-11-12(14-6-9)18(13(19)16-11)4-3-10-7-15-17(2)8-10/h5-8H,3-4H2,1-2H3,(H,16,19). The monoisotopic (exact) mass is 273 g/mol. The molecule has 19 heavy (non-hydrogen) atoms. The van der Waals surface area contributed by atoms with Gasteiger partial charge in [-0.05, 0) is 42.8 Å². The second-order valence-electron chi connectivity index (χ2n) is 4.74. The lowest BCUT2D eigenvalue weighted by molar-refractivity contribution is 0.699. The number of fused-ring (bicyclic) bond motifs is 1. The molecular formula is C13H15N5S. The normalized spacial score (nSPS) is 11.3. The number of aromatic nitrogens is 5. The van der Waals surface area contributed by atoms with Crippen LogP contribution in [0.15, 0.2) is 24.7 Å². The van der Waals surface area contributed by atoms with Crippen molar-refractivity contribution in [1.29, 1.82) is 0 Å². The molecule has 1 N–H and O–H groups in total. The first-order valence-electron chi connectivity index (χ1n) is 6.16. The summed E-state index contributed by atoms with van der Waals surface area (Å²) in [6.07, 6.45) is 6.67. The van der Waals surface area contributed by atoms with Crippen LogP contribution in [0.1, 0.15) is 11.1 Å². The van der Waals surface area contributed by atoms with E-state index in [4.69, 9.17) is 12.2 Å². The Labute approximate surface area is 115 Å². The molecule has 0 saturated heterocycles. The fourth-order valence-electron chi connectivity index (χ4n) is 2.20. The second-order valence-corrected chi connectivity index (χ2v) is 5.12. The van der Waals surface area contributed by atoms with Crippen molar-refractivity contribution in [2.75, 3.05) is 0 Å². The van der Waals surface area contributed by atoms with Gasteiger partial charge in [-0.1, -0.05) is 0 Å². The summed E-state index contributed by atoms with van der Waals surface area (Å²) in [6.45, 7) is 2.83. The third kappa shape index (κ3) is 2.31. The predicted molar refractivity (Wildman–Crippen MR) is 76.6 cm³/mol. The fraction of sp³-hybridized carbons (Fsp3) is 0.308. The summed E-state index contributed by atoms with van der Waals surface area (Å²) in [5.74, 6) is 0. The molecular weight excluding hydrogens is 258 g/mol. The molecule has 0 aliphatic rings. The molecule has 0 aliphatic heterocycles. The van der Waals surface area contributed by atoms with E-state index >= 15 is 0 Å². The minimum atomic E-state index is 0.719. The first-order valence-corrected chi connectivity index (χ1v) is 6.57. The van der Waals surface area contributed by atoms with Crippen LogP contribution in [-0.4, -0.2) is 24.3 Å². The third-order valence-corrected chi connectivity index (χ3v) is 3.45. The van der Waals surface area contributed by atoms with Crippen LogP contribution in [0.5, 0.6) is 0 Å². The highest BCUT2D eigenvalue weighted by Gasteiger charge is 2.06. The van der Waals surface area contributed by atoms with E-state index < -0.39 is 0 Å². The Hall–Kier alpha value is -1.95. The number of hydrogen-bond donors (Lipinski definition) is 1. The first-order chi connectivity index (χ1) is 9.13. The fourth-order valence-corrected chi connectivity index (χ4v) is 2.48. The number of hydrogen-bond acceptors (Lipinski definition) is 3. The van der Waals surface area contributed by atoms with Gasteiger partial charge >= 0.3 is 0 Å². The molecule has 5 nitrogen and oxygen atoms in total. The minimum Gasteiger partial charge on any atom is -0.329 e. The summed E-state index contributed by atoms with van der Waals surface area (Å²) in [4.78, 5) is 7.67. The number of pyridine rings is 1. The van der Waals surface area contributed by atoms with Crippen LogP contribution >= 0.6 is 12.2 Å². The lowest BCUT2D eigenvalue weighted by Crippen LogP contribution is -2.02. The molecule has 0 aromatic carbocycles. The van der Waals surface area contributed by atoms with Crippen LogP contribution in [0.3, 0.4) is 0 Å². The molecule has 6 heteroatoms. The average molecular weight is 273 g/mol. The average Bonchev–Trinajstić information content (AvgIpc) is 2.89. The van der Waals surface area contributed by atoms with E-state index in [-0.39, 0.29) is 0 Å². The molecule has 0 amide bonds. The molecule has 0 bridgehead atoms. The van der Waals surface area contributed by atoms with E-state index in [1.165, 1.54) is 5.56 Å². The summed E-state index contributed by atoms with van der Waals surface area (Å²) in [6, 6.07) is 2.07. The number of H-pyrrole nitrogens is 1. The van der Waals surface area contributed by atoms with Crippen LogP contribution in [0.25, 0.3) is 11.2 Å². The summed E-state index contributed by atoms with van der Waals surface area (Å²) in [7, 11) is 1.92. The number of imidazole rings is 1. The Morgan fingerprint density at radius 3 is 2.95 bits per heavy atom. The Kier molecular flexibility index (Phi) is 2.94. The number of aromatic amines is 1. The van der Waals surface area contributed by atoms with Crippen molar-refractivity contribution in [2.45, 2.75) is 19.9 Å². The van der Waals surface area contributed by atoms with Crippen molar-refractivity contribution in [1.82, 2.24) is 24.3 Å². The van der Waals surface area contributed by atoms with E-state index in [9.17, 15) is 0 Å². The zero-order chi connectivity index (χ0) is 13.4. The van der Waals surface area contributed by atoms with Crippen molar-refractivity contribution in [2.24, 2.45) is 7.05 Å². The van der Waals surface area contributed by atoms with Gasteiger partial charge in [0.05, 0.1) is 11.7 Å². The lowest BCUT2D eigenvalue weighted by atomic mass is 10.2. The lowest BCUT2D eigenvalue weighted by Gasteiger charge is -2.02. The largest absolute Gasteiger partial charge is 0.329 e. The van der Waals surface area contributed by atoms with Crippen molar-refractivity contribution in [3.63, 3.8) is 0 Å². The van der Waals surface area contributed by atoms with E-state index in [0.717, 1.165) is 34.5 Å². The molecule has 0 spiro atoms. The summed E-state index contributed by atoms with van der Waals surface area (Å²) in [5.41, 5.74) is 4.24. The van der Waals surface area contributed by atoms with Crippen LogP contribution < -0.4 is 0 Å². The minimum absolute atomic E-state index is 0.719. The van der Waals surface area contributed by atoms with E-state index in [0.29, 0.717) is 0 Å². The molecule has 3 aromatic rings. The molecule has 0 atom stereocenters. The van der Waals surface area contributed by atoms with Crippen LogP contribution in [0, 0.1) is 11.7 Å². The van der Waals surface area contributed by atoms with Crippen molar-refractivity contribution in [3.05, 3.63) is 40.6 Å². The molecule has 98 valence electrons. The Morgan fingerprint density at radius 2 is 2.21 bits per heavy atom. The zero-order valence-electron chi connectivity index (χ0n) is 10.9. The van der Waals surface area contributed by atoms with E-state index in [1.807, 2.05) is 41.8 Å². The molecule has 3 rings (SSSR count). The highest BCUT2D eigenvalue weighted by molar-refractivity contribution is 7.71. The van der Waals surface area contributed by atoms with E-state index in [1.54, 1.807) is 0 Å². The molecule has 3 aromatic heterocycles. The zero-order valence-corrected chi connectivity index (χ0v) is 11.7. The molecule has 0 radical (unpaired) electrons. The number of nitrogens with one attached hydrogen (secondary N) is 1. The van der Waals surface area contributed by atoms with Crippen LogP contribution in [0.4, 0.5) is 0 Å². The Morgan fingerprint density at radius 1 is 1.37 bits per heavy atom. The van der Waals surface area contributed by atoms with Gasteiger partial charge in [0.25, 0.3) is 0 Å². The summed E-state index contributed by atoms with van der Waals surface area (Å²) >= 11 is 5.36. The molecule has 3 heterocycles. The van der Waals surface area contributed by atoms with Gasteiger partial charge in [-0.25, -0.2) is 4.98 Å². The van der Waals surface area contributed by atoms with Gasteiger partial charge in [-0.2, -0.15) is 5.10 Å². The maximum atomic E-state index is 5.36. The Bertz CT molecular complexity index is 780. The van der Waals surface area contributed by atoms with Crippen molar-refractivity contribution < 1.29 is 0 Å². The van der Waals surface area contributed by atoms with Crippen molar-refractivity contribution in [3.8, 4) is 0 Å². The SMILES string of the molecule is Cc1cnc2c(c1)[nH]c(=S)n2CCc1cnn(C)c1. The summed E-state index contributed by atoms with van der Waals surface area (Å²) < 4.78 is 4.57. The first kappa shape index (κ1) is 12.1. The van der Waals surface area contributed by atoms with Gasteiger partial charge < -0.3 is 9.55 Å². The smallest absolute Gasteiger partial charge is 0.179 e. The molecule has 0 unspecified atom stereocenters. The molecule has 0 fully saturated rings. The van der Waals surface area contributed by atoms with Gasteiger partial charge in [0, 0.05) is 26.0 Å². The number of aryl methyl sites for hydroxylation is 4. The molecule has 0 saturated carbocycles. The maximum Gasteiger partial charge on any atom is 0.179 e. The van der Waals surface area contributed by atoms with Gasteiger partial charge in [-0.15, -0.1) is 0 Å². The van der Waals surface area contributed by atoms with Gasteiger partial charge in [0.15, 0.2) is 10.4 Å². The number of nitrogens with zero attached hydrogens (tertiary/aromatic N) is 4. The van der Waals surface area contributed by atoms with Crippen LogP contribution in [-0.2, 0) is 20.0 Å². The Balaban J connectivity index is 1.92. The highest BCUT2D eigenvalue weighted by Crippen LogP contribution is 2.13. The van der Waals surface area contributed by atoms with Gasteiger partial charge in [0.2, 0.25) is 0 Å². The predicted octanol–water partition coefficient (Wildman–Crippen LogP) is 2.38. The highest BCUT2D eigenvalue weighted by atomic mass is 32.1. The third-order valence-electron chi connectivity index (χ3n) is 3.13.